The number of guanidine groups is 1. The Balaban J connectivity index is 0.00000261. The lowest BCUT2D eigenvalue weighted by Crippen LogP contribution is -2.38. The third-order valence-electron chi connectivity index (χ3n) is 4.08. The monoisotopic (exact) mass is 476 g/mol. The summed E-state index contributed by atoms with van der Waals surface area (Å²) >= 11 is 0. The highest BCUT2D eigenvalue weighted by atomic mass is 127. The average Bonchev–Trinajstić information content (AvgIpc) is 3.19. The molecule has 6 nitrogen and oxygen atoms in total. The molecule has 1 aromatic carbocycles. The Bertz CT molecular complexity index is 818. The fourth-order valence-electron chi connectivity index (χ4n) is 2.71. The Morgan fingerprint density at radius 1 is 1.00 bits per heavy atom. The van der Waals surface area contributed by atoms with Gasteiger partial charge in [-0.05, 0) is 29.3 Å². The van der Waals surface area contributed by atoms with Crippen molar-refractivity contribution in [2.75, 3.05) is 13.6 Å². The highest BCUT2D eigenvalue weighted by Crippen LogP contribution is 2.10. The number of halogens is 1. The molecule has 2 heterocycles. The number of hydrogen-bond donors (Lipinski definition) is 2. The van der Waals surface area contributed by atoms with E-state index in [0.717, 1.165) is 31.2 Å². The molecule has 0 radical (unpaired) electrons. The number of benzene rings is 1. The Kier molecular flexibility index (Phi) is 8.76. The largest absolute Gasteiger partial charge is 0.356 e. The van der Waals surface area contributed by atoms with Gasteiger partial charge < -0.3 is 10.6 Å². The Morgan fingerprint density at radius 2 is 1.81 bits per heavy atom. The molecule has 0 amide bonds. The first-order valence-corrected chi connectivity index (χ1v) is 8.74. The maximum absolute atomic E-state index is 4.33. The predicted octanol–water partition coefficient (Wildman–Crippen LogP) is 2.85. The first-order chi connectivity index (χ1) is 12.8. The fourth-order valence-corrected chi connectivity index (χ4v) is 2.71. The summed E-state index contributed by atoms with van der Waals surface area (Å²) in [6, 6.07) is 16.3. The second-order valence-electron chi connectivity index (χ2n) is 5.90. The number of hydrogen-bond acceptors (Lipinski definition) is 3. The van der Waals surface area contributed by atoms with E-state index in [1.807, 2.05) is 41.3 Å². The predicted molar refractivity (Wildman–Crippen MR) is 119 cm³/mol. The van der Waals surface area contributed by atoms with E-state index in [9.17, 15) is 0 Å². The van der Waals surface area contributed by atoms with Crippen LogP contribution in [0.2, 0.25) is 0 Å². The molecular weight excluding hydrogens is 451 g/mol. The van der Waals surface area contributed by atoms with Crippen molar-refractivity contribution in [3.8, 4) is 0 Å². The molecule has 142 valence electrons. The summed E-state index contributed by atoms with van der Waals surface area (Å²) in [6.07, 6.45) is 6.45. The molecule has 0 saturated carbocycles. The molecule has 2 aromatic heterocycles. The van der Waals surface area contributed by atoms with Crippen molar-refractivity contribution < 1.29 is 0 Å². The number of aliphatic imine (C=N–C) groups is 1. The quantitative estimate of drug-likeness (QED) is 0.313. The molecule has 0 unspecified atom stereocenters. The Hall–Kier alpha value is -2.42. The van der Waals surface area contributed by atoms with Gasteiger partial charge in [-0.3, -0.25) is 14.7 Å². The van der Waals surface area contributed by atoms with Gasteiger partial charge in [0.1, 0.15) is 0 Å². The van der Waals surface area contributed by atoms with E-state index in [4.69, 9.17) is 0 Å². The smallest absolute Gasteiger partial charge is 0.191 e. The summed E-state index contributed by atoms with van der Waals surface area (Å²) in [4.78, 5) is 8.63. The van der Waals surface area contributed by atoms with E-state index in [1.54, 1.807) is 13.2 Å². The molecule has 0 atom stereocenters. The topological polar surface area (TPSA) is 67.1 Å². The molecule has 27 heavy (non-hydrogen) atoms. The van der Waals surface area contributed by atoms with Gasteiger partial charge in [-0.2, -0.15) is 5.10 Å². The third-order valence-corrected chi connectivity index (χ3v) is 4.08. The summed E-state index contributed by atoms with van der Waals surface area (Å²) < 4.78 is 1.93. The first kappa shape index (κ1) is 20.9. The van der Waals surface area contributed by atoms with Crippen LogP contribution in [0.3, 0.4) is 0 Å². The lowest BCUT2D eigenvalue weighted by molar-refractivity contribution is 0.677. The third kappa shape index (κ3) is 6.67. The van der Waals surface area contributed by atoms with E-state index in [0.29, 0.717) is 6.54 Å². The molecule has 2 N–H and O–H groups in total. The number of nitrogens with one attached hydrogen (secondary N) is 2. The minimum atomic E-state index is 0. The fraction of sp³-hybridized carbons (Fsp3) is 0.250. The van der Waals surface area contributed by atoms with E-state index in [2.05, 4.69) is 50.0 Å². The standard InChI is InChI=1S/C20H24N6.HI/c1-21-20(23-13-10-19-9-4-5-11-22-19)24-15-17-7-2-3-8-18(17)16-26-14-6-12-25-26;/h2-9,11-12,14H,10,13,15-16H2,1H3,(H2,21,23,24);1H. The highest BCUT2D eigenvalue weighted by molar-refractivity contribution is 14.0. The van der Waals surface area contributed by atoms with Crippen LogP contribution in [0.4, 0.5) is 0 Å². The van der Waals surface area contributed by atoms with Crippen molar-refractivity contribution in [3.63, 3.8) is 0 Å². The minimum absolute atomic E-state index is 0. The van der Waals surface area contributed by atoms with Gasteiger partial charge in [0.2, 0.25) is 0 Å². The Morgan fingerprint density at radius 3 is 2.52 bits per heavy atom. The lowest BCUT2D eigenvalue weighted by Gasteiger charge is -2.14. The van der Waals surface area contributed by atoms with Crippen LogP contribution in [-0.4, -0.2) is 34.3 Å². The molecule has 0 spiro atoms. The summed E-state index contributed by atoms with van der Waals surface area (Å²) in [7, 11) is 1.78. The van der Waals surface area contributed by atoms with Crippen molar-refractivity contribution in [2.45, 2.75) is 19.5 Å². The molecular formula is C20H25IN6. The highest BCUT2D eigenvalue weighted by Gasteiger charge is 2.05. The second-order valence-corrected chi connectivity index (χ2v) is 5.90. The average molecular weight is 476 g/mol. The molecule has 0 bridgehead atoms. The van der Waals surface area contributed by atoms with Crippen LogP contribution in [0.5, 0.6) is 0 Å². The van der Waals surface area contributed by atoms with Crippen LogP contribution < -0.4 is 10.6 Å². The lowest BCUT2D eigenvalue weighted by atomic mass is 10.1. The molecule has 0 fully saturated rings. The zero-order chi connectivity index (χ0) is 18.0. The molecule has 3 rings (SSSR count). The van der Waals surface area contributed by atoms with Crippen molar-refractivity contribution in [1.82, 2.24) is 25.4 Å². The normalized spacial score (nSPS) is 10.9. The summed E-state index contributed by atoms with van der Waals surface area (Å²) in [6.45, 7) is 2.25. The van der Waals surface area contributed by atoms with Gasteiger partial charge in [0.25, 0.3) is 0 Å². The van der Waals surface area contributed by atoms with Crippen molar-refractivity contribution in [2.24, 2.45) is 4.99 Å². The Labute approximate surface area is 177 Å². The van der Waals surface area contributed by atoms with E-state index in [1.165, 1.54) is 11.1 Å². The van der Waals surface area contributed by atoms with Crippen LogP contribution in [0, 0.1) is 0 Å². The van der Waals surface area contributed by atoms with Crippen LogP contribution in [0.25, 0.3) is 0 Å². The van der Waals surface area contributed by atoms with Crippen molar-refractivity contribution in [3.05, 3.63) is 83.9 Å². The van der Waals surface area contributed by atoms with Gasteiger partial charge in [-0.1, -0.05) is 30.3 Å². The zero-order valence-corrected chi connectivity index (χ0v) is 17.7. The molecule has 3 aromatic rings. The van der Waals surface area contributed by atoms with E-state index < -0.39 is 0 Å². The van der Waals surface area contributed by atoms with Gasteiger partial charge in [0.05, 0.1) is 6.54 Å². The maximum Gasteiger partial charge on any atom is 0.191 e. The minimum Gasteiger partial charge on any atom is -0.356 e. The van der Waals surface area contributed by atoms with Crippen molar-refractivity contribution in [1.29, 1.82) is 0 Å². The first-order valence-electron chi connectivity index (χ1n) is 8.74. The van der Waals surface area contributed by atoms with Gasteiger partial charge >= 0.3 is 0 Å². The zero-order valence-electron chi connectivity index (χ0n) is 15.4. The molecule has 7 heteroatoms. The van der Waals surface area contributed by atoms with Crippen LogP contribution in [0.15, 0.2) is 72.1 Å². The van der Waals surface area contributed by atoms with Gasteiger partial charge in [-0.15, -0.1) is 24.0 Å². The number of rotatable bonds is 7. The number of aromatic nitrogens is 3. The van der Waals surface area contributed by atoms with E-state index in [-0.39, 0.29) is 24.0 Å². The van der Waals surface area contributed by atoms with Crippen LogP contribution in [-0.2, 0) is 19.5 Å². The summed E-state index contributed by atoms with van der Waals surface area (Å²) in [5.41, 5.74) is 3.54. The van der Waals surface area contributed by atoms with E-state index >= 15 is 0 Å². The molecule has 0 aliphatic rings. The van der Waals surface area contributed by atoms with Gasteiger partial charge in [-0.25, -0.2) is 0 Å². The van der Waals surface area contributed by atoms with Gasteiger partial charge in [0.15, 0.2) is 5.96 Å². The number of pyridine rings is 1. The maximum atomic E-state index is 4.33. The molecule has 0 aliphatic carbocycles. The number of nitrogens with zero attached hydrogens (tertiary/aromatic N) is 4. The summed E-state index contributed by atoms with van der Waals surface area (Å²) in [5, 5.41) is 11.0. The molecule has 0 saturated heterocycles. The van der Waals surface area contributed by atoms with Crippen LogP contribution in [0.1, 0.15) is 16.8 Å². The SMILES string of the molecule is CN=C(NCCc1ccccn1)NCc1ccccc1Cn1cccn1.I. The van der Waals surface area contributed by atoms with Gasteiger partial charge in [0, 0.05) is 50.8 Å². The summed E-state index contributed by atoms with van der Waals surface area (Å²) in [5.74, 6) is 0.787. The second kappa shape index (κ2) is 11.3. The molecule has 0 aliphatic heterocycles. The van der Waals surface area contributed by atoms with Crippen molar-refractivity contribution >= 4 is 29.9 Å². The van der Waals surface area contributed by atoms with Crippen LogP contribution >= 0.6 is 24.0 Å².